The summed E-state index contributed by atoms with van der Waals surface area (Å²) < 4.78 is 5.10. The lowest BCUT2D eigenvalue weighted by molar-refractivity contribution is -0.151. The van der Waals surface area contributed by atoms with Crippen molar-refractivity contribution in [3.8, 4) is 0 Å². The highest BCUT2D eigenvalue weighted by Crippen LogP contribution is 2.38. The zero-order valence-electron chi connectivity index (χ0n) is 8.14. The maximum atomic E-state index is 11.7. The number of hydrogen-bond donors (Lipinski definition) is 1. The summed E-state index contributed by atoms with van der Waals surface area (Å²) in [6.45, 7) is 3.36. The SMILES string of the molecule is CCOC(=O)[C@]12CCC[C@H](CN1)C2. The standard InChI is InChI=1S/C10H17NO2/c1-2-13-9(12)10-5-3-4-8(6-10)7-11-10/h8,11H,2-7H2,1H3/t8-,10+/m0/s1. The molecule has 1 aliphatic carbocycles. The fourth-order valence-corrected chi connectivity index (χ4v) is 2.59. The number of carbonyl (C=O) groups is 1. The zero-order valence-corrected chi connectivity index (χ0v) is 8.14. The van der Waals surface area contributed by atoms with E-state index in [2.05, 4.69) is 5.32 Å². The molecule has 74 valence electrons. The van der Waals surface area contributed by atoms with Gasteiger partial charge in [0.15, 0.2) is 0 Å². The van der Waals surface area contributed by atoms with Crippen molar-refractivity contribution in [2.24, 2.45) is 5.92 Å². The third-order valence-electron chi connectivity index (χ3n) is 3.25. The van der Waals surface area contributed by atoms with Crippen LogP contribution < -0.4 is 5.32 Å². The largest absolute Gasteiger partial charge is 0.465 e. The van der Waals surface area contributed by atoms with E-state index in [-0.39, 0.29) is 11.5 Å². The van der Waals surface area contributed by atoms with Gasteiger partial charge in [0, 0.05) is 0 Å². The Bertz CT molecular complexity index is 213. The van der Waals surface area contributed by atoms with Gasteiger partial charge >= 0.3 is 5.97 Å². The summed E-state index contributed by atoms with van der Waals surface area (Å²) in [5.41, 5.74) is -0.307. The van der Waals surface area contributed by atoms with Crippen molar-refractivity contribution in [3.63, 3.8) is 0 Å². The molecular weight excluding hydrogens is 166 g/mol. The molecule has 2 fully saturated rings. The van der Waals surface area contributed by atoms with E-state index in [1.54, 1.807) is 0 Å². The lowest BCUT2D eigenvalue weighted by atomic mass is 9.80. The molecule has 1 saturated heterocycles. The molecule has 0 unspecified atom stereocenters. The molecule has 0 aromatic carbocycles. The smallest absolute Gasteiger partial charge is 0.326 e. The van der Waals surface area contributed by atoms with Crippen molar-refractivity contribution in [2.45, 2.75) is 38.1 Å². The van der Waals surface area contributed by atoms with Gasteiger partial charge in [0.25, 0.3) is 0 Å². The van der Waals surface area contributed by atoms with Crippen LogP contribution in [0.5, 0.6) is 0 Å². The molecule has 3 nitrogen and oxygen atoms in total. The average Bonchev–Trinajstić information content (AvgIpc) is 2.44. The number of rotatable bonds is 2. The number of nitrogens with one attached hydrogen (secondary N) is 1. The van der Waals surface area contributed by atoms with Gasteiger partial charge in [0.05, 0.1) is 6.61 Å². The minimum atomic E-state index is -0.307. The normalized spacial score (nSPS) is 37.5. The lowest BCUT2D eigenvalue weighted by Gasteiger charge is -2.30. The Kier molecular flexibility index (Phi) is 2.28. The summed E-state index contributed by atoms with van der Waals surface area (Å²) in [5.74, 6) is 0.676. The first-order valence-corrected chi connectivity index (χ1v) is 5.19. The molecule has 3 heteroatoms. The third kappa shape index (κ3) is 1.46. The molecular formula is C10H17NO2. The van der Waals surface area contributed by atoms with Crippen LogP contribution in [0, 0.1) is 5.92 Å². The first kappa shape index (κ1) is 9.00. The fraction of sp³-hybridized carbons (Fsp3) is 0.900. The molecule has 2 atom stereocenters. The molecule has 2 aliphatic rings. The van der Waals surface area contributed by atoms with Crippen LogP contribution in [-0.4, -0.2) is 24.7 Å². The molecule has 1 saturated carbocycles. The van der Waals surface area contributed by atoms with Crippen molar-refractivity contribution >= 4 is 5.97 Å². The van der Waals surface area contributed by atoms with Gasteiger partial charge in [-0.2, -0.15) is 0 Å². The van der Waals surface area contributed by atoms with Gasteiger partial charge in [-0.15, -0.1) is 0 Å². The third-order valence-corrected chi connectivity index (χ3v) is 3.25. The summed E-state index contributed by atoms with van der Waals surface area (Å²) in [4.78, 5) is 11.7. The van der Waals surface area contributed by atoms with Crippen molar-refractivity contribution in [1.82, 2.24) is 5.32 Å². The van der Waals surface area contributed by atoms with Gasteiger partial charge in [-0.05, 0) is 38.6 Å². The van der Waals surface area contributed by atoms with E-state index in [4.69, 9.17) is 4.74 Å². The summed E-state index contributed by atoms with van der Waals surface area (Å²) >= 11 is 0. The molecule has 0 aromatic heterocycles. The predicted octanol–water partition coefficient (Wildman–Crippen LogP) is 1.08. The second kappa shape index (κ2) is 3.29. The summed E-state index contributed by atoms with van der Waals surface area (Å²) in [7, 11) is 0. The van der Waals surface area contributed by atoms with Crippen molar-refractivity contribution in [3.05, 3.63) is 0 Å². The number of hydrogen-bond acceptors (Lipinski definition) is 3. The number of esters is 1. The van der Waals surface area contributed by atoms with Gasteiger partial charge in [-0.3, -0.25) is 4.79 Å². The van der Waals surface area contributed by atoms with Crippen LogP contribution in [0.2, 0.25) is 0 Å². The molecule has 2 bridgehead atoms. The Balaban J connectivity index is 2.06. The zero-order chi connectivity index (χ0) is 9.31. The lowest BCUT2D eigenvalue weighted by Crippen LogP contribution is -2.49. The summed E-state index contributed by atoms with van der Waals surface area (Å²) in [5, 5.41) is 3.34. The van der Waals surface area contributed by atoms with Gasteiger partial charge < -0.3 is 10.1 Å². The summed E-state index contributed by atoms with van der Waals surface area (Å²) in [6.07, 6.45) is 4.39. The Hall–Kier alpha value is -0.570. The number of ether oxygens (including phenoxy) is 1. The highest BCUT2D eigenvalue weighted by Gasteiger charge is 2.48. The Morgan fingerprint density at radius 1 is 1.69 bits per heavy atom. The van der Waals surface area contributed by atoms with E-state index in [0.717, 1.165) is 25.8 Å². The van der Waals surface area contributed by atoms with E-state index in [1.807, 2.05) is 6.92 Å². The van der Waals surface area contributed by atoms with Crippen molar-refractivity contribution in [2.75, 3.05) is 13.2 Å². The van der Waals surface area contributed by atoms with Crippen LogP contribution >= 0.6 is 0 Å². The van der Waals surface area contributed by atoms with Crippen LogP contribution in [0.25, 0.3) is 0 Å². The summed E-state index contributed by atoms with van der Waals surface area (Å²) in [6, 6.07) is 0. The first-order chi connectivity index (χ1) is 6.27. The molecule has 0 amide bonds. The average molecular weight is 183 g/mol. The molecule has 0 spiro atoms. The molecule has 0 aromatic rings. The minimum Gasteiger partial charge on any atom is -0.465 e. The Labute approximate surface area is 78.8 Å². The van der Waals surface area contributed by atoms with Crippen LogP contribution in [0.1, 0.15) is 32.6 Å². The Morgan fingerprint density at radius 2 is 2.54 bits per heavy atom. The second-order valence-electron chi connectivity index (χ2n) is 4.15. The molecule has 13 heavy (non-hydrogen) atoms. The maximum absolute atomic E-state index is 11.7. The quantitative estimate of drug-likeness (QED) is 0.651. The number of carbonyl (C=O) groups excluding carboxylic acids is 1. The van der Waals surface area contributed by atoms with Crippen LogP contribution in [0.3, 0.4) is 0 Å². The van der Waals surface area contributed by atoms with E-state index in [1.165, 1.54) is 6.42 Å². The molecule has 0 radical (unpaired) electrons. The minimum absolute atomic E-state index is 0.0304. The van der Waals surface area contributed by atoms with Crippen LogP contribution in [0.4, 0.5) is 0 Å². The van der Waals surface area contributed by atoms with Gasteiger partial charge in [-0.1, -0.05) is 6.42 Å². The van der Waals surface area contributed by atoms with Gasteiger partial charge in [-0.25, -0.2) is 0 Å². The van der Waals surface area contributed by atoms with E-state index >= 15 is 0 Å². The predicted molar refractivity (Wildman–Crippen MR) is 49.3 cm³/mol. The van der Waals surface area contributed by atoms with Gasteiger partial charge in [0.1, 0.15) is 5.54 Å². The molecule has 1 aliphatic heterocycles. The second-order valence-corrected chi connectivity index (χ2v) is 4.15. The molecule has 1 N–H and O–H groups in total. The highest BCUT2D eigenvalue weighted by molar-refractivity contribution is 5.81. The fourth-order valence-electron chi connectivity index (χ4n) is 2.59. The van der Waals surface area contributed by atoms with Crippen molar-refractivity contribution in [1.29, 1.82) is 0 Å². The van der Waals surface area contributed by atoms with E-state index < -0.39 is 0 Å². The maximum Gasteiger partial charge on any atom is 0.326 e. The Morgan fingerprint density at radius 3 is 3.31 bits per heavy atom. The van der Waals surface area contributed by atoms with E-state index in [9.17, 15) is 4.79 Å². The molecule has 2 rings (SSSR count). The van der Waals surface area contributed by atoms with Crippen molar-refractivity contribution < 1.29 is 9.53 Å². The topological polar surface area (TPSA) is 38.3 Å². The van der Waals surface area contributed by atoms with Crippen LogP contribution in [-0.2, 0) is 9.53 Å². The monoisotopic (exact) mass is 183 g/mol. The van der Waals surface area contributed by atoms with E-state index in [0.29, 0.717) is 12.5 Å². The van der Waals surface area contributed by atoms with Gasteiger partial charge in [0.2, 0.25) is 0 Å². The highest BCUT2D eigenvalue weighted by atomic mass is 16.5. The first-order valence-electron chi connectivity index (χ1n) is 5.19. The van der Waals surface area contributed by atoms with Crippen LogP contribution in [0.15, 0.2) is 0 Å². The number of fused-ring (bicyclic) bond motifs is 2. The molecule has 1 heterocycles.